The molecule has 8 heteroatoms. The molecule has 148 valence electrons. The predicted octanol–water partition coefficient (Wildman–Crippen LogP) is -0.0929. The molecular weight excluding hydrogens is 369 g/mol. The molecule has 7 nitrogen and oxygen atoms in total. The SMILES string of the molecule is N#Cc1ccc([C@]2(O)O[C@H](CO)[C@@H](O)[C@H](O)[C@H]2O)cc1Cc1ccc(F)cc1. The second-order valence-electron chi connectivity index (χ2n) is 6.75. The van der Waals surface area contributed by atoms with Gasteiger partial charge in [-0.3, -0.25) is 0 Å². The van der Waals surface area contributed by atoms with Gasteiger partial charge in [0.05, 0.1) is 18.2 Å². The molecule has 2 aromatic rings. The Morgan fingerprint density at radius 2 is 1.75 bits per heavy atom. The van der Waals surface area contributed by atoms with E-state index in [-0.39, 0.29) is 12.0 Å². The molecule has 0 radical (unpaired) electrons. The standard InChI is InChI=1S/C20H20FNO6/c21-15-5-1-11(2-6-15)7-13-8-14(4-3-12(13)9-22)20(27)19(26)18(25)17(24)16(10-23)28-20/h1-6,8,16-19,23-27H,7,10H2/t16-,17-,18+,19-,20+/m1/s1. The van der Waals surface area contributed by atoms with Crippen LogP contribution in [-0.4, -0.2) is 56.6 Å². The molecule has 5 N–H and O–H groups in total. The van der Waals surface area contributed by atoms with Crippen LogP contribution in [0, 0.1) is 17.1 Å². The summed E-state index contributed by atoms with van der Waals surface area (Å²) in [6.07, 6.45) is -6.31. The van der Waals surface area contributed by atoms with Crippen molar-refractivity contribution in [3.8, 4) is 6.07 Å². The lowest BCUT2D eigenvalue weighted by Crippen LogP contribution is -2.63. The minimum atomic E-state index is -2.41. The summed E-state index contributed by atoms with van der Waals surface area (Å²) < 4.78 is 18.4. The number of ether oxygens (including phenoxy) is 1. The van der Waals surface area contributed by atoms with Gasteiger partial charge in [0.15, 0.2) is 0 Å². The van der Waals surface area contributed by atoms with Crippen molar-refractivity contribution in [2.45, 2.75) is 36.6 Å². The summed E-state index contributed by atoms with van der Waals surface area (Å²) in [5.74, 6) is -2.80. The first kappa shape index (κ1) is 20.4. The van der Waals surface area contributed by atoms with Crippen LogP contribution in [0.5, 0.6) is 0 Å². The van der Waals surface area contributed by atoms with Crippen LogP contribution in [0.1, 0.15) is 22.3 Å². The molecule has 3 rings (SSSR count). The van der Waals surface area contributed by atoms with Crippen molar-refractivity contribution in [3.05, 3.63) is 70.5 Å². The van der Waals surface area contributed by atoms with Crippen LogP contribution >= 0.6 is 0 Å². The Hall–Kier alpha value is -2.38. The zero-order valence-electron chi connectivity index (χ0n) is 14.7. The van der Waals surface area contributed by atoms with Gasteiger partial charge in [0, 0.05) is 5.56 Å². The molecule has 0 aliphatic carbocycles. The van der Waals surface area contributed by atoms with Gasteiger partial charge < -0.3 is 30.3 Å². The quantitative estimate of drug-likeness (QED) is 0.493. The molecule has 0 amide bonds. The minimum Gasteiger partial charge on any atom is -0.394 e. The van der Waals surface area contributed by atoms with Crippen LogP contribution in [0.4, 0.5) is 4.39 Å². The zero-order chi connectivity index (χ0) is 20.5. The Bertz CT molecular complexity index is 881. The monoisotopic (exact) mass is 389 g/mol. The first-order chi connectivity index (χ1) is 13.3. The van der Waals surface area contributed by atoms with E-state index in [1.54, 1.807) is 12.1 Å². The summed E-state index contributed by atoms with van der Waals surface area (Å²) in [7, 11) is 0. The summed E-state index contributed by atoms with van der Waals surface area (Å²) in [6, 6.07) is 11.9. The van der Waals surface area contributed by atoms with Gasteiger partial charge in [-0.25, -0.2) is 4.39 Å². The van der Waals surface area contributed by atoms with Crippen molar-refractivity contribution in [2.75, 3.05) is 6.61 Å². The van der Waals surface area contributed by atoms with Gasteiger partial charge >= 0.3 is 0 Å². The van der Waals surface area contributed by atoms with Crippen LogP contribution in [0.3, 0.4) is 0 Å². The van der Waals surface area contributed by atoms with Gasteiger partial charge in [0.25, 0.3) is 0 Å². The molecule has 1 fully saturated rings. The first-order valence-corrected chi connectivity index (χ1v) is 8.63. The van der Waals surface area contributed by atoms with Crippen LogP contribution in [0.15, 0.2) is 42.5 Å². The number of nitriles is 1. The van der Waals surface area contributed by atoms with Crippen LogP contribution in [0.2, 0.25) is 0 Å². The number of hydrogen-bond acceptors (Lipinski definition) is 7. The van der Waals surface area contributed by atoms with Gasteiger partial charge in [-0.1, -0.05) is 18.2 Å². The van der Waals surface area contributed by atoms with E-state index < -0.39 is 42.6 Å². The lowest BCUT2D eigenvalue weighted by atomic mass is 9.86. The molecule has 5 atom stereocenters. The predicted molar refractivity (Wildman–Crippen MR) is 94.2 cm³/mol. The van der Waals surface area contributed by atoms with Crippen LogP contribution < -0.4 is 0 Å². The third-order valence-electron chi connectivity index (χ3n) is 4.91. The number of nitrogens with zero attached hydrogens (tertiary/aromatic N) is 1. The van der Waals surface area contributed by atoms with Crippen LogP contribution in [0.25, 0.3) is 0 Å². The van der Waals surface area contributed by atoms with E-state index in [0.717, 1.165) is 5.56 Å². The van der Waals surface area contributed by atoms with E-state index in [1.165, 1.54) is 30.3 Å². The fraction of sp³-hybridized carbons (Fsp3) is 0.350. The lowest BCUT2D eigenvalue weighted by molar-refractivity contribution is -0.357. The fourth-order valence-corrected chi connectivity index (χ4v) is 3.29. The topological polar surface area (TPSA) is 134 Å². The second kappa shape index (κ2) is 7.93. The highest BCUT2D eigenvalue weighted by molar-refractivity contribution is 5.44. The van der Waals surface area contributed by atoms with E-state index in [2.05, 4.69) is 0 Å². The maximum Gasteiger partial charge on any atom is 0.222 e. The highest BCUT2D eigenvalue weighted by atomic mass is 19.1. The molecule has 0 saturated carbocycles. The number of aliphatic hydroxyl groups excluding tert-OH is 4. The maximum atomic E-state index is 13.1. The summed E-state index contributed by atoms with van der Waals surface area (Å²) >= 11 is 0. The summed E-state index contributed by atoms with van der Waals surface area (Å²) in [5.41, 5.74) is 1.55. The molecule has 1 aliphatic heterocycles. The number of rotatable bonds is 4. The van der Waals surface area contributed by atoms with Gasteiger partial charge in [-0.05, 0) is 41.8 Å². The molecule has 1 aliphatic rings. The molecule has 28 heavy (non-hydrogen) atoms. The second-order valence-corrected chi connectivity index (χ2v) is 6.75. The Labute approximate surface area is 160 Å². The molecule has 0 spiro atoms. The zero-order valence-corrected chi connectivity index (χ0v) is 14.7. The van der Waals surface area contributed by atoms with Gasteiger partial charge in [0.2, 0.25) is 5.79 Å². The molecule has 0 bridgehead atoms. The van der Waals surface area contributed by atoms with E-state index >= 15 is 0 Å². The van der Waals surface area contributed by atoms with Crippen molar-refractivity contribution in [2.24, 2.45) is 0 Å². The number of aliphatic hydroxyl groups is 5. The summed E-state index contributed by atoms with van der Waals surface area (Å²) in [6.45, 7) is -0.689. The molecule has 1 heterocycles. The Morgan fingerprint density at radius 1 is 1.07 bits per heavy atom. The van der Waals surface area contributed by atoms with Gasteiger partial charge in [0.1, 0.15) is 30.2 Å². The Kier molecular flexibility index (Phi) is 5.76. The fourth-order valence-electron chi connectivity index (χ4n) is 3.29. The molecule has 0 unspecified atom stereocenters. The van der Waals surface area contributed by atoms with Crippen LogP contribution in [-0.2, 0) is 16.9 Å². The highest BCUT2D eigenvalue weighted by Gasteiger charge is 2.53. The third-order valence-corrected chi connectivity index (χ3v) is 4.91. The maximum absolute atomic E-state index is 13.1. The van der Waals surface area contributed by atoms with E-state index in [9.17, 15) is 35.2 Å². The first-order valence-electron chi connectivity index (χ1n) is 8.63. The lowest BCUT2D eigenvalue weighted by Gasteiger charge is -2.45. The number of hydrogen-bond donors (Lipinski definition) is 5. The van der Waals surface area contributed by atoms with Crippen molar-refractivity contribution < 1.29 is 34.7 Å². The third kappa shape index (κ3) is 3.64. The van der Waals surface area contributed by atoms with Crippen molar-refractivity contribution in [1.29, 1.82) is 5.26 Å². The average molecular weight is 389 g/mol. The molecule has 0 aromatic heterocycles. The Morgan fingerprint density at radius 3 is 2.36 bits per heavy atom. The van der Waals surface area contributed by atoms with Gasteiger partial charge in [-0.15, -0.1) is 0 Å². The van der Waals surface area contributed by atoms with E-state index in [1.807, 2.05) is 6.07 Å². The van der Waals surface area contributed by atoms with Crippen molar-refractivity contribution >= 4 is 0 Å². The molecule has 1 saturated heterocycles. The van der Waals surface area contributed by atoms with E-state index in [4.69, 9.17) is 4.74 Å². The number of halogens is 1. The summed E-state index contributed by atoms with van der Waals surface area (Å²) in [5, 5.41) is 59.8. The highest BCUT2D eigenvalue weighted by Crippen LogP contribution is 2.37. The van der Waals surface area contributed by atoms with E-state index in [0.29, 0.717) is 11.1 Å². The molecular formula is C20H20FNO6. The van der Waals surface area contributed by atoms with Gasteiger partial charge in [-0.2, -0.15) is 5.26 Å². The van der Waals surface area contributed by atoms with Crippen molar-refractivity contribution in [3.63, 3.8) is 0 Å². The summed E-state index contributed by atoms with van der Waals surface area (Å²) in [4.78, 5) is 0. The normalized spacial score (nSPS) is 30.0. The average Bonchev–Trinajstić information content (AvgIpc) is 2.71. The minimum absolute atomic E-state index is 0.0421. The smallest absolute Gasteiger partial charge is 0.222 e. The molecule has 2 aromatic carbocycles. The largest absolute Gasteiger partial charge is 0.394 e. The number of benzene rings is 2. The Balaban J connectivity index is 2.00. The van der Waals surface area contributed by atoms with Crippen molar-refractivity contribution in [1.82, 2.24) is 0 Å².